The lowest BCUT2D eigenvalue weighted by atomic mass is 10.3. The number of nitrogens with two attached hydrogens (primary N) is 1. The van der Waals surface area contributed by atoms with E-state index >= 15 is 0 Å². The van der Waals surface area contributed by atoms with Gasteiger partial charge in [0.15, 0.2) is 5.82 Å². The van der Waals surface area contributed by atoms with Crippen molar-refractivity contribution in [1.82, 2.24) is 19.7 Å². The van der Waals surface area contributed by atoms with Crippen LogP contribution in [0, 0.1) is 0 Å². The quantitative estimate of drug-likeness (QED) is 0.829. The molecule has 0 spiro atoms. The maximum Gasteiger partial charge on any atom is 0.277 e. The first-order valence-electron chi connectivity index (χ1n) is 4.76. The van der Waals surface area contributed by atoms with Crippen LogP contribution in [0.4, 0.5) is 11.5 Å². The fraction of sp³-hybridized carbons (Fsp3) is 0.111. The molecule has 0 aliphatic carbocycles. The summed E-state index contributed by atoms with van der Waals surface area (Å²) in [5.74, 6) is -0.0892. The Balaban J connectivity index is 2.27. The molecule has 7 nitrogen and oxygen atoms in total. The van der Waals surface area contributed by atoms with Gasteiger partial charge in [0, 0.05) is 7.05 Å². The number of carbonyl (C=O) groups is 1. The maximum absolute atomic E-state index is 12.0. The van der Waals surface area contributed by atoms with Crippen LogP contribution >= 0.6 is 31.9 Å². The Labute approximate surface area is 119 Å². The predicted octanol–water partition coefficient (Wildman–Crippen LogP) is 1.57. The Hall–Kier alpha value is -1.48. The van der Waals surface area contributed by atoms with Crippen molar-refractivity contribution < 1.29 is 4.79 Å². The van der Waals surface area contributed by atoms with Gasteiger partial charge in [0.25, 0.3) is 5.91 Å². The molecule has 0 bridgehead atoms. The Morgan fingerprint density at radius 1 is 1.44 bits per heavy atom. The lowest BCUT2D eigenvalue weighted by molar-refractivity contribution is 0.101. The number of nitrogens with one attached hydrogen (secondary N) is 1. The first-order chi connectivity index (χ1) is 8.49. The largest absolute Gasteiger partial charge is 0.396 e. The van der Waals surface area contributed by atoms with Gasteiger partial charge in [-0.1, -0.05) is 0 Å². The standard InChI is InChI=1S/C9H8Br2N6O/c1-17-6(4(12)2-14-17)9(18)16-8-7(11)15-5(10)3-13-8/h2-3H,12H2,1H3,(H,13,16,18). The lowest BCUT2D eigenvalue weighted by Crippen LogP contribution is -2.18. The summed E-state index contributed by atoms with van der Waals surface area (Å²) in [7, 11) is 1.63. The molecule has 0 fully saturated rings. The van der Waals surface area contributed by atoms with E-state index < -0.39 is 5.91 Å². The highest BCUT2D eigenvalue weighted by Gasteiger charge is 2.17. The average Bonchev–Trinajstić information content (AvgIpc) is 2.62. The van der Waals surface area contributed by atoms with Gasteiger partial charge in [-0.05, 0) is 31.9 Å². The van der Waals surface area contributed by atoms with Crippen LogP contribution in [0.1, 0.15) is 10.5 Å². The third-order valence-electron chi connectivity index (χ3n) is 2.11. The van der Waals surface area contributed by atoms with E-state index in [9.17, 15) is 4.79 Å². The second-order valence-corrected chi connectivity index (χ2v) is 4.92. The van der Waals surface area contributed by atoms with Crippen molar-refractivity contribution in [3.05, 3.63) is 27.3 Å². The van der Waals surface area contributed by atoms with Crippen LogP contribution in [0.2, 0.25) is 0 Å². The summed E-state index contributed by atoms with van der Waals surface area (Å²) in [5.41, 5.74) is 6.23. The van der Waals surface area contributed by atoms with Crippen molar-refractivity contribution in [1.29, 1.82) is 0 Å². The van der Waals surface area contributed by atoms with Gasteiger partial charge in [0.1, 0.15) is 14.9 Å². The predicted molar refractivity (Wildman–Crippen MR) is 73.0 cm³/mol. The van der Waals surface area contributed by atoms with Crippen LogP contribution in [0.5, 0.6) is 0 Å². The normalized spacial score (nSPS) is 10.4. The van der Waals surface area contributed by atoms with E-state index in [1.807, 2.05) is 0 Å². The van der Waals surface area contributed by atoms with Gasteiger partial charge in [-0.3, -0.25) is 9.48 Å². The molecule has 2 aromatic heterocycles. The number of nitrogen functional groups attached to an aromatic ring is 1. The minimum atomic E-state index is -0.398. The lowest BCUT2D eigenvalue weighted by Gasteiger charge is -2.06. The number of rotatable bonds is 2. The van der Waals surface area contributed by atoms with Crippen LogP contribution in [0.15, 0.2) is 21.6 Å². The Kier molecular flexibility index (Phi) is 3.62. The number of anilines is 2. The van der Waals surface area contributed by atoms with Gasteiger partial charge in [-0.25, -0.2) is 9.97 Å². The number of aryl methyl sites for hydroxylation is 1. The Morgan fingerprint density at radius 3 is 2.72 bits per heavy atom. The number of halogens is 2. The van der Waals surface area contributed by atoms with E-state index in [4.69, 9.17) is 5.73 Å². The maximum atomic E-state index is 12.0. The zero-order chi connectivity index (χ0) is 13.3. The molecule has 2 rings (SSSR count). The second-order valence-electron chi connectivity index (χ2n) is 3.36. The number of hydrogen-bond donors (Lipinski definition) is 2. The van der Waals surface area contributed by atoms with Crippen molar-refractivity contribution in [2.75, 3.05) is 11.1 Å². The van der Waals surface area contributed by atoms with Gasteiger partial charge in [0.2, 0.25) is 0 Å². The van der Waals surface area contributed by atoms with Crippen LogP contribution in [-0.4, -0.2) is 25.7 Å². The summed E-state index contributed by atoms with van der Waals surface area (Å²) in [6.45, 7) is 0. The van der Waals surface area contributed by atoms with Crippen molar-refractivity contribution in [2.45, 2.75) is 0 Å². The van der Waals surface area contributed by atoms with Crippen LogP contribution in [-0.2, 0) is 7.05 Å². The SMILES string of the molecule is Cn1ncc(N)c1C(=O)Nc1ncc(Br)nc1Br. The molecule has 1 amide bonds. The molecule has 0 saturated carbocycles. The van der Waals surface area contributed by atoms with E-state index in [-0.39, 0.29) is 5.69 Å². The van der Waals surface area contributed by atoms with E-state index in [0.29, 0.717) is 20.7 Å². The van der Waals surface area contributed by atoms with Crippen LogP contribution < -0.4 is 11.1 Å². The van der Waals surface area contributed by atoms with E-state index in [1.165, 1.54) is 17.1 Å². The third kappa shape index (κ3) is 2.51. The second kappa shape index (κ2) is 5.02. The van der Waals surface area contributed by atoms with Gasteiger partial charge in [0.05, 0.1) is 18.1 Å². The highest BCUT2D eigenvalue weighted by Crippen LogP contribution is 2.20. The molecule has 0 saturated heterocycles. The molecular formula is C9H8Br2N6O. The topological polar surface area (TPSA) is 98.7 Å². The van der Waals surface area contributed by atoms with Crippen molar-refractivity contribution >= 4 is 49.3 Å². The van der Waals surface area contributed by atoms with Gasteiger partial charge in [-0.2, -0.15) is 5.10 Å². The van der Waals surface area contributed by atoms with Gasteiger partial charge < -0.3 is 11.1 Å². The molecular weight excluding hydrogens is 368 g/mol. The first-order valence-corrected chi connectivity index (χ1v) is 6.34. The van der Waals surface area contributed by atoms with E-state index in [1.54, 1.807) is 7.05 Å². The number of aromatic nitrogens is 4. The number of hydrogen-bond acceptors (Lipinski definition) is 5. The third-order valence-corrected chi connectivity index (χ3v) is 3.05. The summed E-state index contributed by atoms with van der Waals surface area (Å²) in [5, 5.41) is 6.49. The minimum absolute atomic E-state index is 0.270. The molecule has 0 aliphatic heterocycles. The summed E-state index contributed by atoms with van der Waals surface area (Å²) in [4.78, 5) is 20.1. The number of nitrogens with zero attached hydrogens (tertiary/aromatic N) is 4. The zero-order valence-electron chi connectivity index (χ0n) is 9.19. The molecule has 0 aromatic carbocycles. The van der Waals surface area contributed by atoms with Crippen LogP contribution in [0.3, 0.4) is 0 Å². The summed E-state index contributed by atoms with van der Waals surface area (Å²) >= 11 is 6.38. The number of amides is 1. The first kappa shape index (κ1) is 13.0. The fourth-order valence-corrected chi connectivity index (χ4v) is 2.24. The smallest absolute Gasteiger partial charge is 0.277 e. The Bertz CT molecular complexity index is 592. The average molecular weight is 376 g/mol. The molecule has 2 aromatic rings. The fourth-order valence-electron chi connectivity index (χ4n) is 1.33. The summed E-state index contributed by atoms with van der Waals surface area (Å²) in [6.07, 6.45) is 2.89. The zero-order valence-corrected chi connectivity index (χ0v) is 12.4. The van der Waals surface area contributed by atoms with E-state index in [2.05, 4.69) is 52.2 Å². The molecule has 0 atom stereocenters. The summed E-state index contributed by atoms with van der Waals surface area (Å²) < 4.78 is 2.38. The van der Waals surface area contributed by atoms with E-state index in [0.717, 1.165) is 0 Å². The molecule has 94 valence electrons. The van der Waals surface area contributed by atoms with Crippen molar-refractivity contribution in [3.8, 4) is 0 Å². The summed E-state index contributed by atoms with van der Waals surface area (Å²) in [6, 6.07) is 0. The highest BCUT2D eigenvalue weighted by molar-refractivity contribution is 9.11. The molecule has 18 heavy (non-hydrogen) atoms. The minimum Gasteiger partial charge on any atom is -0.396 e. The molecule has 2 heterocycles. The molecule has 0 aliphatic rings. The monoisotopic (exact) mass is 374 g/mol. The molecule has 0 unspecified atom stereocenters. The molecule has 0 radical (unpaired) electrons. The molecule has 9 heteroatoms. The van der Waals surface area contributed by atoms with Crippen LogP contribution in [0.25, 0.3) is 0 Å². The van der Waals surface area contributed by atoms with Crippen molar-refractivity contribution in [2.24, 2.45) is 7.05 Å². The van der Waals surface area contributed by atoms with Crippen molar-refractivity contribution in [3.63, 3.8) is 0 Å². The van der Waals surface area contributed by atoms with Gasteiger partial charge in [-0.15, -0.1) is 0 Å². The highest BCUT2D eigenvalue weighted by atomic mass is 79.9. The number of carbonyl (C=O) groups excluding carboxylic acids is 1. The molecule has 3 N–H and O–H groups in total. The Morgan fingerprint density at radius 2 is 2.17 bits per heavy atom. The van der Waals surface area contributed by atoms with Gasteiger partial charge >= 0.3 is 0 Å².